The lowest BCUT2D eigenvalue weighted by Crippen LogP contribution is -2.39. The van der Waals surface area contributed by atoms with E-state index in [1.807, 2.05) is 0 Å². The van der Waals surface area contributed by atoms with E-state index in [2.05, 4.69) is 43.9 Å². The minimum Gasteiger partial charge on any atom is -0.380 e. The van der Waals surface area contributed by atoms with Gasteiger partial charge in [0.1, 0.15) is 12.2 Å². The van der Waals surface area contributed by atoms with Gasteiger partial charge in [-0.15, -0.1) is 10.2 Å². The fraction of sp³-hybridized carbons (Fsp3) is 0.467. The number of benzene rings is 1. The molecule has 2 N–H and O–H groups in total. The number of hydrogen-bond acceptors (Lipinski definition) is 5. The molecule has 0 bridgehead atoms. The summed E-state index contributed by atoms with van der Waals surface area (Å²) in [5.74, 6) is 1.01. The molecule has 1 atom stereocenters. The van der Waals surface area contributed by atoms with Gasteiger partial charge in [0, 0.05) is 32.8 Å². The molecule has 1 aliphatic heterocycles. The van der Waals surface area contributed by atoms with Crippen LogP contribution in [0.25, 0.3) is 0 Å². The van der Waals surface area contributed by atoms with Crippen LogP contribution in [0.1, 0.15) is 23.0 Å². The van der Waals surface area contributed by atoms with E-state index in [4.69, 9.17) is 10.5 Å². The molecule has 3 rings (SSSR count). The fourth-order valence-corrected chi connectivity index (χ4v) is 2.90. The molecule has 1 aliphatic rings. The lowest BCUT2D eigenvalue weighted by Gasteiger charge is -2.34. The Labute approximate surface area is 124 Å². The van der Waals surface area contributed by atoms with Crippen molar-refractivity contribution in [2.45, 2.75) is 25.7 Å². The predicted octanol–water partition coefficient (Wildman–Crippen LogP) is 0.940. The summed E-state index contributed by atoms with van der Waals surface area (Å²) in [4.78, 5) is 2.37. The zero-order valence-electron chi connectivity index (χ0n) is 12.3. The monoisotopic (exact) mass is 287 g/mol. The second-order valence-corrected chi connectivity index (χ2v) is 5.34. The average Bonchev–Trinajstić information content (AvgIpc) is 2.96. The highest BCUT2D eigenvalue weighted by Crippen LogP contribution is 2.24. The quantitative estimate of drug-likeness (QED) is 0.886. The first-order valence-corrected chi connectivity index (χ1v) is 7.20. The van der Waals surface area contributed by atoms with Crippen molar-refractivity contribution in [3.05, 3.63) is 47.5 Å². The molecule has 6 nitrogen and oxygen atoms in total. The Balaban J connectivity index is 1.80. The molecule has 6 heteroatoms. The summed E-state index contributed by atoms with van der Waals surface area (Å²) in [7, 11) is 1.71. The maximum Gasteiger partial charge on any atom is 0.147 e. The largest absolute Gasteiger partial charge is 0.380 e. The lowest BCUT2D eigenvalue weighted by molar-refractivity contribution is 0.155. The van der Waals surface area contributed by atoms with Gasteiger partial charge in [-0.1, -0.05) is 24.3 Å². The zero-order chi connectivity index (χ0) is 14.7. The molecule has 0 spiro atoms. The number of nitrogens with two attached hydrogens (primary N) is 1. The van der Waals surface area contributed by atoms with Crippen molar-refractivity contribution in [3.8, 4) is 0 Å². The summed E-state index contributed by atoms with van der Waals surface area (Å²) < 4.78 is 7.31. The third-order valence-corrected chi connectivity index (χ3v) is 3.98. The Hall–Kier alpha value is -1.76. The highest BCUT2D eigenvalue weighted by Gasteiger charge is 2.24. The van der Waals surface area contributed by atoms with Crippen LogP contribution in [0.2, 0.25) is 0 Å². The molecule has 1 aromatic heterocycles. The van der Waals surface area contributed by atoms with Gasteiger partial charge >= 0.3 is 0 Å². The van der Waals surface area contributed by atoms with E-state index >= 15 is 0 Å². The Bertz CT molecular complexity index is 597. The van der Waals surface area contributed by atoms with Crippen LogP contribution in [0.3, 0.4) is 0 Å². The van der Waals surface area contributed by atoms with E-state index in [-0.39, 0.29) is 6.04 Å². The second-order valence-electron chi connectivity index (χ2n) is 5.34. The van der Waals surface area contributed by atoms with Crippen LogP contribution in [0.4, 0.5) is 0 Å². The van der Waals surface area contributed by atoms with Gasteiger partial charge in [-0.2, -0.15) is 0 Å². The van der Waals surface area contributed by atoms with E-state index in [1.54, 1.807) is 13.4 Å². The van der Waals surface area contributed by atoms with Crippen LogP contribution in [0.5, 0.6) is 0 Å². The smallest absolute Gasteiger partial charge is 0.147 e. The first-order chi connectivity index (χ1) is 10.3. The van der Waals surface area contributed by atoms with Crippen molar-refractivity contribution in [2.24, 2.45) is 5.73 Å². The standard InChI is InChI=1S/C15H21N5O/c1-21-10-12-3-2-4-13(7-12)14(8-16)19-5-6-20-11-17-18-15(20)9-19/h2-4,7,11,14H,5-6,8-10,16H2,1H3. The normalized spacial score (nSPS) is 16.7. The number of ether oxygens (including phenoxy) is 1. The van der Waals surface area contributed by atoms with Crippen LogP contribution in [0, 0.1) is 0 Å². The number of nitrogens with zero attached hydrogens (tertiary/aromatic N) is 4. The first-order valence-electron chi connectivity index (χ1n) is 7.20. The molecule has 0 aliphatic carbocycles. The van der Waals surface area contributed by atoms with E-state index in [9.17, 15) is 0 Å². The van der Waals surface area contributed by atoms with Crippen molar-refractivity contribution >= 4 is 0 Å². The van der Waals surface area contributed by atoms with E-state index in [1.165, 1.54) is 11.1 Å². The number of aromatic nitrogens is 3. The summed E-state index contributed by atoms with van der Waals surface area (Å²) in [6.45, 7) is 3.87. The molecule has 2 heterocycles. The van der Waals surface area contributed by atoms with Crippen molar-refractivity contribution in [3.63, 3.8) is 0 Å². The summed E-state index contributed by atoms with van der Waals surface area (Å²) in [5.41, 5.74) is 8.45. The Morgan fingerprint density at radius 1 is 1.38 bits per heavy atom. The molecule has 0 amide bonds. The number of methoxy groups -OCH3 is 1. The van der Waals surface area contributed by atoms with Gasteiger partial charge in [0.05, 0.1) is 13.2 Å². The van der Waals surface area contributed by atoms with Gasteiger partial charge in [0.2, 0.25) is 0 Å². The van der Waals surface area contributed by atoms with Crippen molar-refractivity contribution in [2.75, 3.05) is 20.2 Å². The van der Waals surface area contributed by atoms with Gasteiger partial charge < -0.3 is 15.0 Å². The number of fused-ring (bicyclic) bond motifs is 1. The molecule has 1 aromatic carbocycles. The third kappa shape index (κ3) is 2.97. The second kappa shape index (κ2) is 6.34. The van der Waals surface area contributed by atoms with Gasteiger partial charge in [-0.25, -0.2) is 0 Å². The van der Waals surface area contributed by atoms with Crippen LogP contribution in [-0.2, 0) is 24.4 Å². The molecule has 112 valence electrons. The Morgan fingerprint density at radius 2 is 2.29 bits per heavy atom. The summed E-state index contributed by atoms with van der Waals surface area (Å²) in [5, 5.41) is 8.15. The molecule has 0 saturated carbocycles. The van der Waals surface area contributed by atoms with E-state index in [0.717, 1.165) is 25.5 Å². The van der Waals surface area contributed by atoms with Crippen molar-refractivity contribution in [1.82, 2.24) is 19.7 Å². The maximum atomic E-state index is 6.04. The maximum absolute atomic E-state index is 6.04. The highest BCUT2D eigenvalue weighted by atomic mass is 16.5. The minimum absolute atomic E-state index is 0.201. The SMILES string of the molecule is COCc1cccc(C(CN)N2CCn3cnnc3C2)c1. The van der Waals surface area contributed by atoms with Crippen molar-refractivity contribution < 1.29 is 4.74 Å². The van der Waals surface area contributed by atoms with Gasteiger partial charge in [0.25, 0.3) is 0 Å². The molecule has 0 radical (unpaired) electrons. The molecule has 2 aromatic rings. The topological polar surface area (TPSA) is 69.2 Å². The number of rotatable bonds is 5. The Kier molecular flexibility index (Phi) is 4.28. The van der Waals surface area contributed by atoms with Crippen LogP contribution in [-0.4, -0.2) is 39.9 Å². The van der Waals surface area contributed by atoms with Crippen LogP contribution in [0.15, 0.2) is 30.6 Å². The summed E-state index contributed by atoms with van der Waals surface area (Å²) in [6, 6.07) is 8.66. The third-order valence-electron chi connectivity index (χ3n) is 3.98. The van der Waals surface area contributed by atoms with E-state index in [0.29, 0.717) is 13.2 Å². The fourth-order valence-electron chi connectivity index (χ4n) is 2.90. The van der Waals surface area contributed by atoms with Gasteiger partial charge in [0.15, 0.2) is 0 Å². The summed E-state index contributed by atoms with van der Waals surface area (Å²) in [6.07, 6.45) is 1.79. The molecular weight excluding hydrogens is 266 g/mol. The van der Waals surface area contributed by atoms with E-state index < -0.39 is 0 Å². The lowest BCUT2D eigenvalue weighted by atomic mass is 10.0. The van der Waals surface area contributed by atoms with Gasteiger partial charge in [-0.3, -0.25) is 4.90 Å². The Morgan fingerprint density at radius 3 is 3.10 bits per heavy atom. The molecular formula is C15H21N5O. The van der Waals surface area contributed by atoms with Crippen molar-refractivity contribution in [1.29, 1.82) is 0 Å². The van der Waals surface area contributed by atoms with Crippen LogP contribution < -0.4 is 5.73 Å². The zero-order valence-corrected chi connectivity index (χ0v) is 12.3. The minimum atomic E-state index is 0.201. The number of hydrogen-bond donors (Lipinski definition) is 1. The average molecular weight is 287 g/mol. The first kappa shape index (κ1) is 14.2. The molecule has 0 saturated heterocycles. The predicted molar refractivity (Wildman–Crippen MR) is 79.4 cm³/mol. The molecule has 21 heavy (non-hydrogen) atoms. The van der Waals surface area contributed by atoms with Crippen LogP contribution >= 0.6 is 0 Å². The molecule has 1 unspecified atom stereocenters. The highest BCUT2D eigenvalue weighted by molar-refractivity contribution is 5.26. The molecule has 0 fully saturated rings. The van der Waals surface area contributed by atoms with Gasteiger partial charge in [-0.05, 0) is 11.1 Å². The summed E-state index contributed by atoms with van der Waals surface area (Å²) >= 11 is 0.